The molecule has 0 amide bonds. The molecule has 2 atom stereocenters. The van der Waals surface area contributed by atoms with Gasteiger partial charge in [0.1, 0.15) is 0 Å². The lowest BCUT2D eigenvalue weighted by molar-refractivity contribution is 0.322. The first-order valence-corrected chi connectivity index (χ1v) is 6.47. The molecule has 0 rings (SSSR count). The van der Waals surface area contributed by atoms with Gasteiger partial charge in [-0.05, 0) is 40.5 Å². The molecule has 18 heavy (non-hydrogen) atoms. The molecule has 0 aromatic rings. The Hall–Kier alpha value is -1.42. The normalized spacial score (nSPS) is 16.0. The fraction of sp³-hybridized carbons (Fsp3) is 0.857. The molecule has 0 aromatic carbocycles. The molecule has 0 saturated heterocycles. The zero-order chi connectivity index (χ0) is 14.4. The summed E-state index contributed by atoms with van der Waals surface area (Å²) in [4.78, 5) is 0. The van der Waals surface area contributed by atoms with Crippen LogP contribution in [0.25, 0.3) is 0 Å². The van der Waals surface area contributed by atoms with E-state index in [0.29, 0.717) is 0 Å². The maximum absolute atomic E-state index is 9.12. The highest BCUT2D eigenvalue weighted by atomic mass is 15.2. The Kier molecular flexibility index (Phi) is 5.98. The molecule has 0 aliphatic heterocycles. The predicted octanol–water partition coefficient (Wildman–Crippen LogP) is 4.10. The Labute approximate surface area is 111 Å². The fourth-order valence-electron chi connectivity index (χ4n) is 1.78. The zero-order valence-corrected chi connectivity index (χ0v) is 12.4. The van der Waals surface area contributed by atoms with Crippen LogP contribution in [0.1, 0.15) is 54.4 Å². The summed E-state index contributed by atoms with van der Waals surface area (Å²) < 4.78 is 0. The van der Waals surface area contributed by atoms with E-state index in [4.69, 9.17) is 10.5 Å². The van der Waals surface area contributed by atoms with Crippen LogP contribution in [0.2, 0.25) is 0 Å². The Morgan fingerprint density at radius 2 is 1.11 bits per heavy atom. The summed E-state index contributed by atoms with van der Waals surface area (Å²) in [6.45, 7) is 11.5. The van der Waals surface area contributed by atoms with Gasteiger partial charge in [0.25, 0.3) is 0 Å². The zero-order valence-electron chi connectivity index (χ0n) is 12.4. The van der Waals surface area contributed by atoms with Crippen molar-refractivity contribution >= 4 is 0 Å². The van der Waals surface area contributed by atoms with Crippen LogP contribution in [0.15, 0.2) is 10.2 Å². The van der Waals surface area contributed by atoms with Crippen molar-refractivity contribution in [1.29, 1.82) is 10.5 Å². The quantitative estimate of drug-likeness (QED) is 0.664. The summed E-state index contributed by atoms with van der Waals surface area (Å²) >= 11 is 0. The van der Waals surface area contributed by atoms with Crippen LogP contribution >= 0.6 is 0 Å². The van der Waals surface area contributed by atoms with E-state index in [0.717, 1.165) is 12.8 Å². The van der Waals surface area contributed by atoms with E-state index < -0.39 is 10.8 Å². The maximum Gasteiger partial charge on any atom is 0.0886 e. The second-order valence-corrected chi connectivity index (χ2v) is 5.75. The molecule has 0 bridgehead atoms. The number of hydrogen-bond donors (Lipinski definition) is 0. The Balaban J connectivity index is 5.02. The SMILES string of the molecule is CCC(N=NC(CC)C(C)(C)C#N)C(C)(C)C#N. The maximum atomic E-state index is 9.12. The molecule has 0 aliphatic rings. The Bertz CT molecular complexity index is 332. The average Bonchev–Trinajstić information content (AvgIpc) is 2.34. The van der Waals surface area contributed by atoms with Gasteiger partial charge in [0, 0.05) is 0 Å². The van der Waals surface area contributed by atoms with Crippen molar-refractivity contribution in [2.24, 2.45) is 21.1 Å². The second-order valence-electron chi connectivity index (χ2n) is 5.75. The van der Waals surface area contributed by atoms with Gasteiger partial charge in [-0.2, -0.15) is 20.8 Å². The molecule has 0 aliphatic carbocycles. The second kappa shape index (κ2) is 6.50. The topological polar surface area (TPSA) is 72.3 Å². The van der Waals surface area contributed by atoms with E-state index >= 15 is 0 Å². The van der Waals surface area contributed by atoms with Gasteiger partial charge >= 0.3 is 0 Å². The van der Waals surface area contributed by atoms with Crippen molar-refractivity contribution in [3.05, 3.63) is 0 Å². The molecule has 0 saturated carbocycles. The van der Waals surface area contributed by atoms with E-state index in [1.165, 1.54) is 0 Å². The van der Waals surface area contributed by atoms with Gasteiger partial charge in [0.2, 0.25) is 0 Å². The van der Waals surface area contributed by atoms with E-state index in [1.807, 2.05) is 41.5 Å². The van der Waals surface area contributed by atoms with Gasteiger partial charge in [0.05, 0.1) is 35.1 Å². The van der Waals surface area contributed by atoms with Crippen molar-refractivity contribution in [1.82, 2.24) is 0 Å². The molecule has 4 nitrogen and oxygen atoms in total. The minimum Gasteiger partial charge on any atom is -0.198 e. The van der Waals surface area contributed by atoms with Crippen molar-refractivity contribution in [3.63, 3.8) is 0 Å². The summed E-state index contributed by atoms with van der Waals surface area (Å²) in [6.07, 6.45) is 1.54. The van der Waals surface area contributed by atoms with E-state index in [1.54, 1.807) is 0 Å². The van der Waals surface area contributed by atoms with Gasteiger partial charge in [-0.25, -0.2) is 0 Å². The molecule has 0 aromatic heterocycles. The molecular weight excluding hydrogens is 224 g/mol. The van der Waals surface area contributed by atoms with Crippen molar-refractivity contribution < 1.29 is 0 Å². The summed E-state index contributed by atoms with van der Waals surface area (Å²) in [5, 5.41) is 26.9. The Morgan fingerprint density at radius 1 is 0.833 bits per heavy atom. The third kappa shape index (κ3) is 4.11. The van der Waals surface area contributed by atoms with Crippen LogP contribution in [-0.2, 0) is 0 Å². The van der Waals surface area contributed by atoms with E-state index in [9.17, 15) is 0 Å². The first kappa shape index (κ1) is 16.6. The van der Waals surface area contributed by atoms with Gasteiger partial charge in [-0.15, -0.1) is 0 Å². The van der Waals surface area contributed by atoms with Crippen LogP contribution in [0.3, 0.4) is 0 Å². The third-order valence-electron chi connectivity index (χ3n) is 3.36. The highest BCUT2D eigenvalue weighted by Crippen LogP contribution is 2.29. The molecule has 0 radical (unpaired) electrons. The van der Waals surface area contributed by atoms with Crippen molar-refractivity contribution in [2.45, 2.75) is 66.5 Å². The smallest absolute Gasteiger partial charge is 0.0886 e. The summed E-state index contributed by atoms with van der Waals surface area (Å²) in [7, 11) is 0. The van der Waals surface area contributed by atoms with Gasteiger partial charge in [-0.1, -0.05) is 13.8 Å². The average molecular weight is 248 g/mol. The van der Waals surface area contributed by atoms with Gasteiger partial charge in [0.15, 0.2) is 0 Å². The lowest BCUT2D eigenvalue weighted by atomic mass is 9.84. The van der Waals surface area contributed by atoms with Crippen LogP contribution in [0.5, 0.6) is 0 Å². The minimum absolute atomic E-state index is 0.119. The number of azo groups is 1. The van der Waals surface area contributed by atoms with E-state index in [-0.39, 0.29) is 12.1 Å². The molecule has 0 spiro atoms. The van der Waals surface area contributed by atoms with Crippen LogP contribution < -0.4 is 0 Å². The summed E-state index contributed by atoms with van der Waals surface area (Å²) in [5.41, 5.74) is -1.04. The largest absolute Gasteiger partial charge is 0.198 e. The molecular formula is C14H24N4. The molecule has 2 unspecified atom stereocenters. The highest BCUT2D eigenvalue weighted by Gasteiger charge is 2.31. The molecule has 0 fully saturated rings. The molecule has 0 heterocycles. The standard InChI is InChI=1S/C14H24N4/c1-7-11(13(3,4)9-15)17-18-12(8-2)14(5,6)10-16/h11-12H,7-8H2,1-6H3. The monoisotopic (exact) mass is 248 g/mol. The third-order valence-corrected chi connectivity index (χ3v) is 3.36. The lowest BCUT2D eigenvalue weighted by Gasteiger charge is -2.25. The fourth-order valence-corrected chi connectivity index (χ4v) is 1.78. The van der Waals surface area contributed by atoms with E-state index in [2.05, 4.69) is 22.4 Å². The van der Waals surface area contributed by atoms with Gasteiger partial charge < -0.3 is 0 Å². The summed E-state index contributed by atoms with van der Waals surface area (Å²) in [6, 6.07) is 4.30. The Morgan fingerprint density at radius 3 is 1.28 bits per heavy atom. The van der Waals surface area contributed by atoms with Crippen LogP contribution in [-0.4, -0.2) is 12.1 Å². The molecule has 100 valence electrons. The van der Waals surface area contributed by atoms with Gasteiger partial charge in [-0.3, -0.25) is 0 Å². The van der Waals surface area contributed by atoms with Crippen molar-refractivity contribution in [3.8, 4) is 12.1 Å². The first-order valence-electron chi connectivity index (χ1n) is 6.47. The number of nitrogens with zero attached hydrogens (tertiary/aromatic N) is 4. The minimum atomic E-state index is -0.521. The summed E-state index contributed by atoms with van der Waals surface area (Å²) in [5.74, 6) is 0. The number of nitriles is 2. The van der Waals surface area contributed by atoms with Crippen LogP contribution in [0, 0.1) is 33.5 Å². The number of rotatable bonds is 6. The molecule has 0 N–H and O–H groups in total. The lowest BCUT2D eigenvalue weighted by Crippen LogP contribution is -2.28. The van der Waals surface area contributed by atoms with Crippen molar-refractivity contribution in [2.75, 3.05) is 0 Å². The molecule has 4 heteroatoms. The first-order chi connectivity index (χ1) is 8.25. The highest BCUT2D eigenvalue weighted by molar-refractivity contribution is 5.02. The van der Waals surface area contributed by atoms with Crippen LogP contribution in [0.4, 0.5) is 0 Å². The predicted molar refractivity (Wildman–Crippen MR) is 71.8 cm³/mol. The number of hydrogen-bond acceptors (Lipinski definition) is 4.